The minimum absolute atomic E-state index is 0.0461. The van der Waals surface area contributed by atoms with Gasteiger partial charge in [0.05, 0.1) is 18.8 Å². The molecule has 9 heteroatoms. The number of ether oxygens (including phenoxy) is 1. The van der Waals surface area contributed by atoms with Gasteiger partial charge in [-0.25, -0.2) is 4.39 Å². The lowest BCUT2D eigenvalue weighted by molar-refractivity contribution is 0.406. The molecule has 0 unspecified atom stereocenters. The second kappa shape index (κ2) is 5.55. The van der Waals surface area contributed by atoms with Crippen LogP contribution >= 0.6 is 0 Å². The first-order valence-electron chi connectivity index (χ1n) is 7.39. The van der Waals surface area contributed by atoms with Gasteiger partial charge in [-0.15, -0.1) is 0 Å². The number of fused-ring (bicyclic) bond motifs is 1. The van der Waals surface area contributed by atoms with Crippen LogP contribution in [-0.4, -0.2) is 36.9 Å². The number of nitrogens with zero attached hydrogens (tertiary/aromatic N) is 5. The second-order valence-electron chi connectivity index (χ2n) is 5.42. The van der Waals surface area contributed by atoms with E-state index in [1.807, 2.05) is 0 Å². The number of methoxy groups -OCH3 is 1. The molecule has 0 saturated carbocycles. The predicted molar refractivity (Wildman–Crippen MR) is 88.2 cm³/mol. The van der Waals surface area contributed by atoms with Crippen LogP contribution in [0, 0.1) is 5.82 Å². The Kier molecular flexibility index (Phi) is 3.34. The number of hydrogen-bond acceptors (Lipinski definition) is 5. The van der Waals surface area contributed by atoms with E-state index >= 15 is 0 Å². The van der Waals surface area contributed by atoms with Crippen LogP contribution in [-0.2, 0) is 7.05 Å². The number of rotatable bonds is 3. The molecule has 0 aliphatic carbocycles. The van der Waals surface area contributed by atoms with Crippen molar-refractivity contribution in [1.82, 2.24) is 29.8 Å². The Morgan fingerprint density at radius 2 is 2.16 bits per heavy atom. The molecule has 0 bridgehead atoms. The largest absolute Gasteiger partial charge is 0.494 e. The standard InChI is InChI=1S/C16H13FN6O2/c1-22-8-9(7-18-22)14-15-11(19-20-14)6-13(24)23(21-15)16-10(17)4-3-5-12(16)25-2/h3-8,19H,1-2H3. The van der Waals surface area contributed by atoms with Crippen molar-refractivity contribution in [1.29, 1.82) is 0 Å². The summed E-state index contributed by atoms with van der Waals surface area (Å²) in [6.07, 6.45) is 3.41. The van der Waals surface area contributed by atoms with Gasteiger partial charge in [-0.3, -0.25) is 14.6 Å². The lowest BCUT2D eigenvalue weighted by Crippen LogP contribution is -2.21. The lowest BCUT2D eigenvalue weighted by atomic mass is 10.2. The van der Waals surface area contributed by atoms with Gasteiger partial charge in [0.2, 0.25) is 0 Å². The smallest absolute Gasteiger partial charge is 0.273 e. The summed E-state index contributed by atoms with van der Waals surface area (Å²) in [6.45, 7) is 0. The average molecular weight is 340 g/mol. The molecule has 126 valence electrons. The molecule has 8 nitrogen and oxygen atoms in total. The zero-order valence-corrected chi connectivity index (χ0v) is 13.4. The van der Waals surface area contributed by atoms with Gasteiger partial charge in [0, 0.05) is 24.9 Å². The first-order valence-corrected chi connectivity index (χ1v) is 7.39. The minimum atomic E-state index is -0.611. The Hall–Kier alpha value is -3.49. The highest BCUT2D eigenvalue weighted by Gasteiger charge is 2.18. The summed E-state index contributed by atoms with van der Waals surface area (Å²) in [4.78, 5) is 12.4. The highest BCUT2D eigenvalue weighted by Crippen LogP contribution is 2.26. The molecular weight excluding hydrogens is 327 g/mol. The van der Waals surface area contributed by atoms with Gasteiger partial charge in [0.25, 0.3) is 5.56 Å². The molecular formula is C16H13FN6O2. The van der Waals surface area contributed by atoms with Crippen LogP contribution < -0.4 is 10.3 Å². The maximum Gasteiger partial charge on any atom is 0.273 e. The zero-order valence-electron chi connectivity index (χ0n) is 13.4. The van der Waals surface area contributed by atoms with Crippen LogP contribution in [0.5, 0.6) is 5.75 Å². The summed E-state index contributed by atoms with van der Waals surface area (Å²) < 4.78 is 22.1. The number of benzene rings is 1. The Morgan fingerprint density at radius 3 is 2.88 bits per heavy atom. The van der Waals surface area contributed by atoms with Crippen LogP contribution in [0.15, 0.2) is 41.5 Å². The van der Waals surface area contributed by atoms with E-state index < -0.39 is 11.4 Å². The monoisotopic (exact) mass is 340 g/mol. The summed E-state index contributed by atoms with van der Waals surface area (Å²) in [6, 6.07) is 5.63. The van der Waals surface area contributed by atoms with E-state index in [1.54, 1.807) is 30.2 Å². The normalized spacial score (nSPS) is 11.2. The number of nitrogens with one attached hydrogen (secondary N) is 1. The van der Waals surface area contributed by atoms with Gasteiger partial charge >= 0.3 is 0 Å². The molecule has 25 heavy (non-hydrogen) atoms. The van der Waals surface area contributed by atoms with Gasteiger partial charge in [-0.2, -0.15) is 20.0 Å². The SMILES string of the molecule is COc1cccc(F)c1-n1nc2c(-c3cnn(C)c3)n[nH]c2cc1=O. The third kappa shape index (κ3) is 2.36. The van der Waals surface area contributed by atoms with Crippen LogP contribution in [0.1, 0.15) is 0 Å². The van der Waals surface area contributed by atoms with Crippen molar-refractivity contribution >= 4 is 11.0 Å². The van der Waals surface area contributed by atoms with E-state index in [1.165, 1.54) is 25.3 Å². The first kappa shape index (κ1) is 15.1. The fourth-order valence-corrected chi connectivity index (χ4v) is 2.66. The second-order valence-corrected chi connectivity index (χ2v) is 5.42. The van der Waals surface area contributed by atoms with Gasteiger partial charge in [0.1, 0.15) is 22.6 Å². The van der Waals surface area contributed by atoms with Crippen molar-refractivity contribution in [3.63, 3.8) is 0 Å². The average Bonchev–Trinajstić information content (AvgIpc) is 3.19. The van der Waals surface area contributed by atoms with E-state index in [4.69, 9.17) is 4.74 Å². The number of aromatic amines is 1. The molecule has 0 spiro atoms. The van der Waals surface area contributed by atoms with Crippen molar-refractivity contribution < 1.29 is 9.13 Å². The Morgan fingerprint density at radius 1 is 1.32 bits per heavy atom. The van der Waals surface area contributed by atoms with Gasteiger partial charge in [0.15, 0.2) is 5.82 Å². The molecule has 0 radical (unpaired) electrons. The molecule has 0 amide bonds. The zero-order chi connectivity index (χ0) is 17.6. The lowest BCUT2D eigenvalue weighted by Gasteiger charge is -2.10. The quantitative estimate of drug-likeness (QED) is 0.612. The van der Waals surface area contributed by atoms with Crippen LogP contribution in [0.4, 0.5) is 4.39 Å². The molecule has 4 aromatic rings. The van der Waals surface area contributed by atoms with Crippen LogP contribution in [0.25, 0.3) is 28.0 Å². The van der Waals surface area contributed by atoms with Crippen LogP contribution in [0.2, 0.25) is 0 Å². The molecule has 1 aromatic carbocycles. The summed E-state index contributed by atoms with van der Waals surface area (Å²) in [5.41, 5.74) is 1.58. The van der Waals surface area contributed by atoms with E-state index in [0.29, 0.717) is 16.7 Å². The summed E-state index contributed by atoms with van der Waals surface area (Å²) in [5.74, 6) is -0.403. The highest BCUT2D eigenvalue weighted by atomic mass is 19.1. The molecule has 3 aromatic heterocycles. The predicted octanol–water partition coefficient (Wildman–Crippen LogP) is 1.66. The Balaban J connectivity index is 2.00. The van der Waals surface area contributed by atoms with E-state index in [2.05, 4.69) is 20.4 Å². The van der Waals surface area contributed by atoms with E-state index in [9.17, 15) is 9.18 Å². The summed E-state index contributed by atoms with van der Waals surface area (Å²) >= 11 is 0. The number of aromatic nitrogens is 6. The van der Waals surface area contributed by atoms with Crippen molar-refractivity contribution in [2.75, 3.05) is 7.11 Å². The fourth-order valence-electron chi connectivity index (χ4n) is 2.66. The van der Waals surface area contributed by atoms with Crippen molar-refractivity contribution in [2.24, 2.45) is 7.05 Å². The number of hydrogen-bond donors (Lipinski definition) is 1. The summed E-state index contributed by atoms with van der Waals surface area (Å²) in [7, 11) is 3.19. The van der Waals surface area contributed by atoms with Crippen molar-refractivity contribution in [3.8, 4) is 22.7 Å². The molecule has 0 aliphatic rings. The van der Waals surface area contributed by atoms with E-state index in [-0.39, 0.29) is 11.4 Å². The van der Waals surface area contributed by atoms with Gasteiger partial charge in [-0.05, 0) is 12.1 Å². The topological polar surface area (TPSA) is 90.6 Å². The molecule has 0 atom stereocenters. The van der Waals surface area contributed by atoms with Crippen LogP contribution in [0.3, 0.4) is 0 Å². The molecule has 0 aliphatic heterocycles. The van der Waals surface area contributed by atoms with Crippen molar-refractivity contribution in [3.05, 3.63) is 52.8 Å². The molecule has 0 fully saturated rings. The van der Waals surface area contributed by atoms with Crippen molar-refractivity contribution in [2.45, 2.75) is 0 Å². The van der Waals surface area contributed by atoms with Gasteiger partial charge in [-0.1, -0.05) is 6.07 Å². The maximum absolute atomic E-state index is 14.3. The highest BCUT2D eigenvalue weighted by molar-refractivity contribution is 5.88. The minimum Gasteiger partial charge on any atom is -0.494 e. The Labute approximate surface area is 140 Å². The molecule has 0 saturated heterocycles. The summed E-state index contributed by atoms with van der Waals surface area (Å²) in [5, 5.41) is 15.4. The number of halogens is 1. The first-order chi connectivity index (χ1) is 12.1. The maximum atomic E-state index is 14.3. The third-order valence-electron chi connectivity index (χ3n) is 3.80. The third-order valence-corrected chi connectivity index (χ3v) is 3.80. The fraction of sp³-hybridized carbons (Fsp3) is 0.125. The molecule has 4 rings (SSSR count). The number of H-pyrrole nitrogens is 1. The van der Waals surface area contributed by atoms with E-state index in [0.717, 1.165) is 10.2 Å². The Bertz CT molecular complexity index is 1140. The number of para-hydroxylation sites is 1. The molecule has 1 N–H and O–H groups in total. The van der Waals surface area contributed by atoms with Gasteiger partial charge < -0.3 is 4.74 Å². The number of aryl methyl sites for hydroxylation is 1. The molecule has 3 heterocycles.